The molecular formula is C26H30N4O4. The smallest absolute Gasteiger partial charge is 0.256 e. The molecule has 8 nitrogen and oxygen atoms in total. The van der Waals surface area contributed by atoms with E-state index >= 15 is 0 Å². The van der Waals surface area contributed by atoms with Crippen LogP contribution >= 0.6 is 0 Å². The number of piperidine rings is 1. The second-order valence-electron chi connectivity index (χ2n) is 9.28. The van der Waals surface area contributed by atoms with Crippen molar-refractivity contribution in [3.05, 3.63) is 65.2 Å². The lowest BCUT2D eigenvalue weighted by Crippen LogP contribution is -2.41. The maximum atomic E-state index is 13.2. The average molecular weight is 463 g/mol. The van der Waals surface area contributed by atoms with E-state index in [-0.39, 0.29) is 35.9 Å². The Bertz CT molecular complexity index is 1090. The summed E-state index contributed by atoms with van der Waals surface area (Å²) in [5.74, 6) is -0.525. The molecule has 0 aliphatic carbocycles. The van der Waals surface area contributed by atoms with Crippen molar-refractivity contribution >= 4 is 23.4 Å². The first-order chi connectivity index (χ1) is 16.5. The minimum Gasteiger partial charge on any atom is -0.376 e. The van der Waals surface area contributed by atoms with Gasteiger partial charge < -0.3 is 25.6 Å². The Labute approximate surface area is 199 Å². The molecule has 0 spiro atoms. The van der Waals surface area contributed by atoms with Crippen LogP contribution in [0.5, 0.6) is 0 Å². The number of hydrogen-bond donors (Lipinski definition) is 2. The van der Waals surface area contributed by atoms with Gasteiger partial charge in [-0.25, -0.2) is 0 Å². The summed E-state index contributed by atoms with van der Waals surface area (Å²) in [5, 5.41) is 3.49. The van der Waals surface area contributed by atoms with Crippen LogP contribution in [0.25, 0.3) is 0 Å². The first-order valence-corrected chi connectivity index (χ1v) is 12.0. The maximum absolute atomic E-state index is 13.2. The van der Waals surface area contributed by atoms with E-state index in [0.29, 0.717) is 43.6 Å². The van der Waals surface area contributed by atoms with E-state index in [1.165, 1.54) is 0 Å². The van der Waals surface area contributed by atoms with E-state index in [9.17, 15) is 14.4 Å². The summed E-state index contributed by atoms with van der Waals surface area (Å²) >= 11 is 0. The summed E-state index contributed by atoms with van der Waals surface area (Å²) in [6, 6.07) is 15.0. The molecule has 178 valence electrons. The van der Waals surface area contributed by atoms with Gasteiger partial charge in [0.25, 0.3) is 11.8 Å². The standard InChI is InChI=1S/C26H30N4O4/c27-23(31)17-10-12-29(13-11-17)25(32)18-5-3-6-19(15-18)28-24-21-8-1-2-9-22(21)26(33)30(24)16-20-7-4-14-34-20/h1-3,5-6,8-9,15,17,20,24,28H,4,7,10-14,16H2,(H2,27,31). The molecule has 3 amide bonds. The van der Waals surface area contributed by atoms with E-state index in [1.807, 2.05) is 47.4 Å². The minimum atomic E-state index is -0.329. The molecule has 0 saturated carbocycles. The topological polar surface area (TPSA) is 105 Å². The van der Waals surface area contributed by atoms with Gasteiger partial charge in [-0.05, 0) is 49.9 Å². The zero-order chi connectivity index (χ0) is 23.7. The number of nitrogens with one attached hydrogen (secondary N) is 1. The molecule has 34 heavy (non-hydrogen) atoms. The van der Waals surface area contributed by atoms with Crippen LogP contribution in [0.4, 0.5) is 5.69 Å². The van der Waals surface area contributed by atoms with Gasteiger partial charge in [-0.3, -0.25) is 14.4 Å². The van der Waals surface area contributed by atoms with Crippen LogP contribution in [-0.2, 0) is 9.53 Å². The quantitative estimate of drug-likeness (QED) is 0.687. The van der Waals surface area contributed by atoms with Crippen LogP contribution in [0.1, 0.15) is 58.1 Å². The van der Waals surface area contributed by atoms with Gasteiger partial charge >= 0.3 is 0 Å². The van der Waals surface area contributed by atoms with E-state index in [4.69, 9.17) is 10.5 Å². The Morgan fingerprint density at radius 1 is 1.06 bits per heavy atom. The predicted molar refractivity (Wildman–Crippen MR) is 127 cm³/mol. The second kappa shape index (κ2) is 9.46. The van der Waals surface area contributed by atoms with Crippen molar-refractivity contribution in [1.82, 2.24) is 9.80 Å². The SMILES string of the molecule is NC(=O)C1CCN(C(=O)c2cccc(NC3c4ccccc4C(=O)N3CC3CCCO3)c2)CC1. The van der Waals surface area contributed by atoms with E-state index in [2.05, 4.69) is 5.32 Å². The number of fused-ring (bicyclic) bond motifs is 1. The molecule has 3 aliphatic rings. The Balaban J connectivity index is 1.34. The maximum Gasteiger partial charge on any atom is 0.256 e. The van der Waals surface area contributed by atoms with Crippen LogP contribution in [0.15, 0.2) is 48.5 Å². The summed E-state index contributed by atoms with van der Waals surface area (Å²) < 4.78 is 5.80. The largest absolute Gasteiger partial charge is 0.376 e. The third-order valence-electron chi connectivity index (χ3n) is 7.08. The van der Waals surface area contributed by atoms with Crippen LogP contribution in [0.2, 0.25) is 0 Å². The zero-order valence-corrected chi connectivity index (χ0v) is 19.1. The third-order valence-corrected chi connectivity index (χ3v) is 7.08. The molecule has 8 heteroatoms. The molecule has 0 radical (unpaired) electrons. The summed E-state index contributed by atoms with van der Waals surface area (Å²) in [6.07, 6.45) is 2.86. The molecule has 2 unspecified atom stereocenters. The van der Waals surface area contributed by atoms with Crippen molar-refractivity contribution in [1.29, 1.82) is 0 Å². The highest BCUT2D eigenvalue weighted by Crippen LogP contribution is 2.35. The van der Waals surface area contributed by atoms with Crippen molar-refractivity contribution < 1.29 is 19.1 Å². The monoisotopic (exact) mass is 462 g/mol. The number of ether oxygens (including phenoxy) is 1. The Hall–Kier alpha value is -3.39. The second-order valence-corrected chi connectivity index (χ2v) is 9.28. The van der Waals surface area contributed by atoms with E-state index in [0.717, 1.165) is 30.7 Å². The Kier molecular flexibility index (Phi) is 6.24. The fourth-order valence-electron chi connectivity index (χ4n) is 5.17. The molecule has 3 N–H and O–H groups in total. The molecule has 2 fully saturated rings. The van der Waals surface area contributed by atoms with Crippen molar-refractivity contribution in [2.45, 2.75) is 38.0 Å². The van der Waals surface area contributed by atoms with Gasteiger partial charge in [-0.1, -0.05) is 24.3 Å². The van der Waals surface area contributed by atoms with E-state index in [1.54, 1.807) is 11.0 Å². The Morgan fingerprint density at radius 3 is 2.59 bits per heavy atom. The molecule has 2 aromatic rings. The molecule has 2 aromatic carbocycles. The first-order valence-electron chi connectivity index (χ1n) is 12.0. The van der Waals surface area contributed by atoms with Gasteiger partial charge in [0.1, 0.15) is 6.17 Å². The normalized spacial score (nSPS) is 22.6. The van der Waals surface area contributed by atoms with Crippen LogP contribution < -0.4 is 11.1 Å². The fourth-order valence-corrected chi connectivity index (χ4v) is 5.17. The number of nitrogens with two attached hydrogens (primary N) is 1. The summed E-state index contributed by atoms with van der Waals surface area (Å²) in [7, 11) is 0. The number of likely N-dealkylation sites (tertiary alicyclic amines) is 1. The van der Waals surface area contributed by atoms with Crippen molar-refractivity contribution in [2.75, 3.05) is 31.6 Å². The molecule has 2 saturated heterocycles. The molecule has 0 aromatic heterocycles. The lowest BCUT2D eigenvalue weighted by molar-refractivity contribution is -0.123. The minimum absolute atomic E-state index is 0.00634. The zero-order valence-electron chi connectivity index (χ0n) is 19.1. The predicted octanol–water partition coefficient (Wildman–Crippen LogP) is 2.77. The molecule has 0 bridgehead atoms. The first kappa shape index (κ1) is 22.4. The van der Waals surface area contributed by atoms with Crippen molar-refractivity contribution in [3.8, 4) is 0 Å². The molecular weight excluding hydrogens is 432 g/mol. The van der Waals surface area contributed by atoms with Crippen LogP contribution in [0.3, 0.4) is 0 Å². The molecule has 3 aliphatic heterocycles. The average Bonchev–Trinajstić information content (AvgIpc) is 3.47. The highest BCUT2D eigenvalue weighted by atomic mass is 16.5. The third kappa shape index (κ3) is 4.37. The van der Waals surface area contributed by atoms with Gasteiger partial charge in [-0.15, -0.1) is 0 Å². The highest BCUT2D eigenvalue weighted by molar-refractivity contribution is 6.00. The van der Waals surface area contributed by atoms with Crippen LogP contribution in [-0.4, -0.2) is 59.9 Å². The Morgan fingerprint density at radius 2 is 1.85 bits per heavy atom. The van der Waals surface area contributed by atoms with E-state index < -0.39 is 0 Å². The number of anilines is 1. The number of primary amides is 1. The molecule has 3 heterocycles. The van der Waals surface area contributed by atoms with Gasteiger partial charge in [0.15, 0.2) is 0 Å². The number of hydrogen-bond acceptors (Lipinski definition) is 5. The number of amides is 3. The summed E-state index contributed by atoms with van der Waals surface area (Å²) in [4.78, 5) is 41.3. The lowest BCUT2D eigenvalue weighted by atomic mass is 9.96. The van der Waals surface area contributed by atoms with Gasteiger partial charge in [0.05, 0.1) is 6.10 Å². The lowest BCUT2D eigenvalue weighted by Gasteiger charge is -2.31. The molecule has 2 atom stereocenters. The van der Waals surface area contributed by atoms with Crippen molar-refractivity contribution in [2.24, 2.45) is 11.7 Å². The fraction of sp³-hybridized carbons (Fsp3) is 0.423. The van der Waals surface area contributed by atoms with Gasteiger partial charge in [0.2, 0.25) is 5.91 Å². The highest BCUT2D eigenvalue weighted by Gasteiger charge is 2.38. The molecule has 5 rings (SSSR count). The van der Waals surface area contributed by atoms with Crippen LogP contribution in [0, 0.1) is 5.92 Å². The number of rotatable bonds is 6. The number of nitrogens with zero attached hydrogens (tertiary/aromatic N) is 2. The van der Waals surface area contributed by atoms with Gasteiger partial charge in [0, 0.05) is 54.5 Å². The van der Waals surface area contributed by atoms with Gasteiger partial charge in [-0.2, -0.15) is 0 Å². The summed E-state index contributed by atoms with van der Waals surface area (Å²) in [5.41, 5.74) is 8.38. The number of benzene rings is 2. The summed E-state index contributed by atoms with van der Waals surface area (Å²) in [6.45, 7) is 2.30. The number of carbonyl (C=O) groups excluding carboxylic acids is 3. The number of carbonyl (C=O) groups is 3. The van der Waals surface area contributed by atoms with Crippen molar-refractivity contribution in [3.63, 3.8) is 0 Å².